The van der Waals surface area contributed by atoms with E-state index < -0.39 is 6.10 Å². The van der Waals surface area contributed by atoms with Crippen LogP contribution in [0.25, 0.3) is 0 Å². The molecule has 2 unspecified atom stereocenters. The number of hydrogen-bond donors (Lipinski definition) is 1. The van der Waals surface area contributed by atoms with Crippen LogP contribution in [0, 0.1) is 13.8 Å². The summed E-state index contributed by atoms with van der Waals surface area (Å²) >= 11 is 0. The molecule has 0 spiro atoms. The van der Waals surface area contributed by atoms with Crippen LogP contribution in [-0.2, 0) is 0 Å². The van der Waals surface area contributed by atoms with Gasteiger partial charge in [-0.2, -0.15) is 0 Å². The molecule has 2 nitrogen and oxygen atoms in total. The smallest absolute Gasteiger partial charge is 0.0917 e. The van der Waals surface area contributed by atoms with Crippen molar-refractivity contribution in [1.29, 1.82) is 0 Å². The van der Waals surface area contributed by atoms with Crippen molar-refractivity contribution in [3.8, 4) is 0 Å². The van der Waals surface area contributed by atoms with Crippen LogP contribution in [0.15, 0.2) is 18.2 Å². The van der Waals surface area contributed by atoms with Gasteiger partial charge in [0.1, 0.15) is 0 Å². The lowest BCUT2D eigenvalue weighted by atomic mass is 10.0. The fraction of sp³-hybridized carbons (Fsp3) is 0.625. The van der Waals surface area contributed by atoms with Gasteiger partial charge in [0, 0.05) is 12.6 Å². The van der Waals surface area contributed by atoms with E-state index in [9.17, 15) is 5.11 Å². The summed E-state index contributed by atoms with van der Waals surface area (Å²) in [5, 5.41) is 10.3. The average molecular weight is 249 g/mol. The van der Waals surface area contributed by atoms with E-state index in [0.717, 1.165) is 18.5 Å². The molecular formula is C16H27NO. The summed E-state index contributed by atoms with van der Waals surface area (Å²) in [6, 6.07) is 6.76. The Morgan fingerprint density at radius 3 is 2.33 bits per heavy atom. The second kappa shape index (κ2) is 6.91. The molecule has 0 fully saturated rings. The van der Waals surface area contributed by atoms with E-state index in [1.54, 1.807) is 0 Å². The number of aliphatic hydroxyl groups is 1. The zero-order chi connectivity index (χ0) is 13.7. The van der Waals surface area contributed by atoms with Crippen LogP contribution in [0.1, 0.15) is 50.0 Å². The van der Waals surface area contributed by atoms with Gasteiger partial charge in [-0.1, -0.05) is 32.0 Å². The lowest BCUT2D eigenvalue weighted by molar-refractivity contribution is 0.0934. The molecule has 0 aliphatic carbocycles. The molecule has 0 saturated heterocycles. The molecule has 18 heavy (non-hydrogen) atoms. The largest absolute Gasteiger partial charge is 0.387 e. The molecule has 1 aromatic rings. The van der Waals surface area contributed by atoms with Gasteiger partial charge in [-0.15, -0.1) is 0 Å². The van der Waals surface area contributed by atoms with Gasteiger partial charge in [-0.05, 0) is 50.4 Å². The van der Waals surface area contributed by atoms with Crippen LogP contribution in [0.5, 0.6) is 0 Å². The van der Waals surface area contributed by atoms with E-state index >= 15 is 0 Å². The summed E-state index contributed by atoms with van der Waals surface area (Å²) in [5.74, 6) is 0. The van der Waals surface area contributed by atoms with E-state index in [2.05, 4.69) is 51.7 Å². The van der Waals surface area contributed by atoms with Gasteiger partial charge in [0.15, 0.2) is 0 Å². The monoisotopic (exact) mass is 249 g/mol. The lowest BCUT2D eigenvalue weighted by Crippen LogP contribution is -2.35. The zero-order valence-electron chi connectivity index (χ0n) is 12.4. The highest BCUT2D eigenvalue weighted by Gasteiger charge is 2.16. The Morgan fingerprint density at radius 2 is 1.83 bits per heavy atom. The van der Waals surface area contributed by atoms with Crippen LogP contribution in [0.3, 0.4) is 0 Å². The fourth-order valence-corrected chi connectivity index (χ4v) is 2.18. The molecule has 0 radical (unpaired) electrons. The third-order valence-corrected chi connectivity index (χ3v) is 3.94. The highest BCUT2D eigenvalue weighted by molar-refractivity contribution is 5.31. The highest BCUT2D eigenvalue weighted by atomic mass is 16.3. The predicted octanol–water partition coefficient (Wildman–Crippen LogP) is 3.46. The maximum Gasteiger partial charge on any atom is 0.0917 e. The number of benzene rings is 1. The molecule has 0 aliphatic heterocycles. The Hall–Kier alpha value is -0.860. The SMILES string of the molecule is CCC(C)N(CC)CC(O)c1ccc(C)c(C)c1. The van der Waals surface area contributed by atoms with E-state index in [4.69, 9.17) is 0 Å². The molecule has 0 aromatic heterocycles. The van der Waals surface area contributed by atoms with Crippen molar-refractivity contribution < 1.29 is 5.11 Å². The maximum absolute atomic E-state index is 10.3. The first-order valence-electron chi connectivity index (χ1n) is 6.98. The normalized spacial score (nSPS) is 14.8. The van der Waals surface area contributed by atoms with Crippen LogP contribution in [-0.4, -0.2) is 29.1 Å². The third-order valence-electron chi connectivity index (χ3n) is 3.94. The maximum atomic E-state index is 10.3. The van der Waals surface area contributed by atoms with Gasteiger partial charge in [0.05, 0.1) is 6.10 Å². The quantitative estimate of drug-likeness (QED) is 0.834. The Bertz CT molecular complexity index is 375. The lowest BCUT2D eigenvalue weighted by Gasteiger charge is -2.29. The number of nitrogens with zero attached hydrogens (tertiary/aromatic N) is 1. The Balaban J connectivity index is 2.74. The molecule has 1 aromatic carbocycles. The van der Waals surface area contributed by atoms with Crippen molar-refractivity contribution >= 4 is 0 Å². The summed E-state index contributed by atoms with van der Waals surface area (Å²) in [6.45, 7) is 12.5. The zero-order valence-corrected chi connectivity index (χ0v) is 12.4. The minimum Gasteiger partial charge on any atom is -0.387 e. The molecule has 1 rings (SSSR count). The first kappa shape index (κ1) is 15.2. The van der Waals surface area contributed by atoms with Gasteiger partial charge < -0.3 is 5.11 Å². The Kier molecular flexibility index (Phi) is 5.83. The van der Waals surface area contributed by atoms with Crippen LogP contribution in [0.2, 0.25) is 0 Å². The number of hydrogen-bond acceptors (Lipinski definition) is 2. The van der Waals surface area contributed by atoms with Gasteiger partial charge in [0.2, 0.25) is 0 Å². The summed E-state index contributed by atoms with van der Waals surface area (Å²) in [7, 11) is 0. The first-order valence-corrected chi connectivity index (χ1v) is 6.98. The van der Waals surface area contributed by atoms with Gasteiger partial charge in [0.25, 0.3) is 0 Å². The van der Waals surface area contributed by atoms with Crippen LogP contribution >= 0.6 is 0 Å². The first-order chi connectivity index (χ1) is 8.49. The van der Waals surface area contributed by atoms with Crippen LogP contribution < -0.4 is 0 Å². The topological polar surface area (TPSA) is 23.5 Å². The van der Waals surface area contributed by atoms with E-state index in [1.165, 1.54) is 11.1 Å². The Labute approximate surface area is 112 Å². The van der Waals surface area contributed by atoms with Crippen molar-refractivity contribution in [3.63, 3.8) is 0 Å². The predicted molar refractivity (Wildman–Crippen MR) is 77.9 cm³/mol. The number of rotatable bonds is 6. The number of aliphatic hydroxyl groups excluding tert-OH is 1. The molecule has 2 heteroatoms. The fourth-order valence-electron chi connectivity index (χ4n) is 2.18. The van der Waals surface area contributed by atoms with Gasteiger partial charge in [-0.25, -0.2) is 0 Å². The summed E-state index contributed by atoms with van der Waals surface area (Å²) in [6.07, 6.45) is 0.728. The molecule has 0 heterocycles. The third kappa shape index (κ3) is 3.82. The molecular weight excluding hydrogens is 222 g/mol. The number of likely N-dealkylation sites (N-methyl/N-ethyl adjacent to an activating group) is 1. The summed E-state index contributed by atoms with van der Waals surface area (Å²) in [5.41, 5.74) is 3.55. The number of aryl methyl sites for hydroxylation is 2. The minimum atomic E-state index is -0.391. The molecule has 1 N–H and O–H groups in total. The van der Waals surface area contributed by atoms with Crippen molar-refractivity contribution in [2.24, 2.45) is 0 Å². The van der Waals surface area contributed by atoms with Crippen molar-refractivity contribution in [1.82, 2.24) is 4.90 Å². The van der Waals surface area contributed by atoms with E-state index in [-0.39, 0.29) is 0 Å². The highest BCUT2D eigenvalue weighted by Crippen LogP contribution is 2.19. The molecule has 0 aliphatic rings. The van der Waals surface area contributed by atoms with Gasteiger partial charge >= 0.3 is 0 Å². The second-order valence-corrected chi connectivity index (χ2v) is 5.20. The van der Waals surface area contributed by atoms with E-state index in [0.29, 0.717) is 12.6 Å². The van der Waals surface area contributed by atoms with Gasteiger partial charge in [-0.3, -0.25) is 4.90 Å². The molecule has 102 valence electrons. The summed E-state index contributed by atoms with van der Waals surface area (Å²) < 4.78 is 0. The standard InChI is InChI=1S/C16H27NO/c1-6-14(5)17(7-2)11-16(18)15-9-8-12(3)13(4)10-15/h8-10,14,16,18H,6-7,11H2,1-5H3. The van der Waals surface area contributed by atoms with Crippen molar-refractivity contribution in [3.05, 3.63) is 34.9 Å². The summed E-state index contributed by atoms with van der Waals surface area (Å²) in [4.78, 5) is 2.33. The van der Waals surface area contributed by atoms with Crippen molar-refractivity contribution in [2.75, 3.05) is 13.1 Å². The molecule has 0 bridgehead atoms. The molecule has 0 amide bonds. The van der Waals surface area contributed by atoms with Crippen LogP contribution in [0.4, 0.5) is 0 Å². The van der Waals surface area contributed by atoms with Crippen molar-refractivity contribution in [2.45, 2.75) is 53.2 Å². The second-order valence-electron chi connectivity index (χ2n) is 5.20. The van der Waals surface area contributed by atoms with E-state index in [1.807, 2.05) is 6.07 Å². The Morgan fingerprint density at radius 1 is 1.17 bits per heavy atom. The molecule has 2 atom stereocenters. The molecule has 0 saturated carbocycles. The minimum absolute atomic E-state index is 0.391. The average Bonchev–Trinajstić information content (AvgIpc) is 2.37.